The second-order valence-corrected chi connectivity index (χ2v) is 8.52. The second kappa shape index (κ2) is 9.06. The van der Waals surface area contributed by atoms with Crippen molar-refractivity contribution in [2.45, 2.75) is 25.8 Å². The summed E-state index contributed by atoms with van der Waals surface area (Å²) < 4.78 is 21.9. The number of carbonyl (C=O) groups is 1. The first-order valence-electron chi connectivity index (χ1n) is 11.3. The lowest BCUT2D eigenvalue weighted by atomic mass is 10.0. The molecule has 0 atom stereocenters. The fourth-order valence-electron chi connectivity index (χ4n) is 4.47. The molecule has 4 aromatic rings. The number of carbonyl (C=O) groups excluding carboxylic acids is 1. The average Bonchev–Trinajstić information content (AvgIpc) is 3.23. The summed E-state index contributed by atoms with van der Waals surface area (Å²) in [6.07, 6.45) is 1.55. The molecule has 2 heterocycles. The lowest BCUT2D eigenvalue weighted by molar-refractivity contribution is -0.134. The highest BCUT2D eigenvalue weighted by Gasteiger charge is 2.27. The van der Waals surface area contributed by atoms with E-state index in [0.29, 0.717) is 18.8 Å². The lowest BCUT2D eigenvalue weighted by Gasteiger charge is -2.33. The van der Waals surface area contributed by atoms with Crippen molar-refractivity contribution in [3.8, 4) is 17.1 Å². The van der Waals surface area contributed by atoms with Crippen LogP contribution in [0.4, 0.5) is 4.39 Å². The van der Waals surface area contributed by atoms with Crippen LogP contribution >= 0.6 is 0 Å². The third-order valence-corrected chi connectivity index (χ3v) is 6.25. The van der Waals surface area contributed by atoms with Crippen LogP contribution in [-0.2, 0) is 4.79 Å². The van der Waals surface area contributed by atoms with E-state index in [1.165, 1.54) is 6.07 Å². The fourth-order valence-corrected chi connectivity index (χ4v) is 4.47. The molecule has 1 amide bonds. The SMILES string of the molecule is Cc1ccc(OCC(=O)N2CCC(n3c(-c4ccccc4)nc4ccc(F)cc43)CC2)cc1. The van der Waals surface area contributed by atoms with Gasteiger partial charge in [-0.15, -0.1) is 0 Å². The van der Waals surface area contributed by atoms with E-state index in [9.17, 15) is 9.18 Å². The summed E-state index contributed by atoms with van der Waals surface area (Å²) in [5, 5.41) is 0. The molecule has 6 heteroatoms. The number of likely N-dealkylation sites (tertiary alicyclic amines) is 1. The molecule has 0 N–H and O–H groups in total. The van der Waals surface area contributed by atoms with Gasteiger partial charge in [0.15, 0.2) is 6.61 Å². The van der Waals surface area contributed by atoms with E-state index < -0.39 is 0 Å². The van der Waals surface area contributed by atoms with Crippen LogP contribution in [0.3, 0.4) is 0 Å². The van der Waals surface area contributed by atoms with Crippen molar-refractivity contribution in [2.75, 3.05) is 19.7 Å². The minimum Gasteiger partial charge on any atom is -0.484 e. The predicted molar refractivity (Wildman–Crippen MR) is 127 cm³/mol. The van der Waals surface area contributed by atoms with Crippen molar-refractivity contribution in [1.29, 1.82) is 0 Å². The number of ether oxygens (including phenoxy) is 1. The van der Waals surface area contributed by atoms with Crippen LogP contribution < -0.4 is 4.74 Å². The van der Waals surface area contributed by atoms with Crippen molar-refractivity contribution in [2.24, 2.45) is 0 Å². The van der Waals surface area contributed by atoms with Crippen molar-refractivity contribution in [3.63, 3.8) is 0 Å². The summed E-state index contributed by atoms with van der Waals surface area (Å²) >= 11 is 0. The van der Waals surface area contributed by atoms with Gasteiger partial charge in [-0.25, -0.2) is 9.37 Å². The van der Waals surface area contributed by atoms with Gasteiger partial charge >= 0.3 is 0 Å². The summed E-state index contributed by atoms with van der Waals surface area (Å²) in [7, 11) is 0. The molecule has 1 aliphatic heterocycles. The topological polar surface area (TPSA) is 47.4 Å². The molecule has 168 valence electrons. The van der Waals surface area contributed by atoms with Crippen LogP contribution in [0.5, 0.6) is 5.75 Å². The predicted octanol–water partition coefficient (Wildman–Crippen LogP) is 5.39. The number of piperidine rings is 1. The Kier molecular flexibility index (Phi) is 5.82. The van der Waals surface area contributed by atoms with Crippen LogP contribution in [0.25, 0.3) is 22.4 Å². The zero-order valence-corrected chi connectivity index (χ0v) is 18.6. The van der Waals surface area contributed by atoms with E-state index >= 15 is 0 Å². The van der Waals surface area contributed by atoms with Gasteiger partial charge in [0.2, 0.25) is 0 Å². The van der Waals surface area contributed by atoms with E-state index in [1.54, 1.807) is 12.1 Å². The second-order valence-electron chi connectivity index (χ2n) is 8.52. The summed E-state index contributed by atoms with van der Waals surface area (Å²) in [5.41, 5.74) is 3.72. The number of amides is 1. The number of hydrogen-bond donors (Lipinski definition) is 0. The zero-order valence-electron chi connectivity index (χ0n) is 18.6. The van der Waals surface area contributed by atoms with Gasteiger partial charge in [-0.05, 0) is 50.1 Å². The first-order chi connectivity index (χ1) is 16.1. The maximum absolute atomic E-state index is 14.1. The molecule has 0 bridgehead atoms. The largest absolute Gasteiger partial charge is 0.484 e. The molecule has 0 radical (unpaired) electrons. The fraction of sp³-hybridized carbons (Fsp3) is 0.259. The third-order valence-electron chi connectivity index (χ3n) is 6.25. The Morgan fingerprint density at radius 3 is 2.48 bits per heavy atom. The maximum Gasteiger partial charge on any atom is 0.260 e. The molecule has 1 saturated heterocycles. The van der Waals surface area contributed by atoms with E-state index in [0.717, 1.165) is 40.8 Å². The number of imidazole rings is 1. The van der Waals surface area contributed by atoms with Gasteiger partial charge < -0.3 is 14.2 Å². The monoisotopic (exact) mass is 443 g/mol. The molecule has 5 rings (SSSR count). The van der Waals surface area contributed by atoms with Gasteiger partial charge in [0.1, 0.15) is 17.4 Å². The van der Waals surface area contributed by atoms with E-state index in [-0.39, 0.29) is 24.4 Å². The molecule has 0 unspecified atom stereocenters. The molecule has 33 heavy (non-hydrogen) atoms. The summed E-state index contributed by atoms with van der Waals surface area (Å²) in [6, 6.07) is 22.5. The molecular weight excluding hydrogens is 417 g/mol. The van der Waals surface area contributed by atoms with Crippen LogP contribution in [0.15, 0.2) is 72.8 Å². The number of nitrogens with zero attached hydrogens (tertiary/aromatic N) is 3. The number of aryl methyl sites for hydroxylation is 1. The van der Waals surface area contributed by atoms with Crippen LogP contribution in [0.2, 0.25) is 0 Å². The Labute approximate surface area is 192 Å². The van der Waals surface area contributed by atoms with Gasteiger partial charge in [0, 0.05) is 24.7 Å². The Morgan fingerprint density at radius 1 is 1.03 bits per heavy atom. The standard InChI is InChI=1S/C27H26FN3O2/c1-19-7-10-23(11-8-19)33-18-26(32)30-15-13-22(14-16-30)31-25-17-21(28)9-12-24(25)29-27(31)20-5-3-2-4-6-20/h2-12,17,22H,13-16,18H2,1H3. The van der Waals surface area contributed by atoms with Crippen LogP contribution in [0, 0.1) is 12.7 Å². The Bertz CT molecular complexity index is 1260. The smallest absolute Gasteiger partial charge is 0.260 e. The molecule has 0 saturated carbocycles. The summed E-state index contributed by atoms with van der Waals surface area (Å²) in [5.74, 6) is 1.25. The third kappa shape index (κ3) is 4.46. The highest BCUT2D eigenvalue weighted by molar-refractivity contribution is 5.81. The Morgan fingerprint density at radius 2 is 1.76 bits per heavy atom. The van der Waals surface area contributed by atoms with Crippen molar-refractivity contribution in [3.05, 3.63) is 84.2 Å². The normalized spacial score (nSPS) is 14.5. The number of halogens is 1. The maximum atomic E-state index is 14.1. The first-order valence-corrected chi connectivity index (χ1v) is 11.3. The minimum absolute atomic E-state index is 0.0150. The number of aromatic nitrogens is 2. The lowest BCUT2D eigenvalue weighted by Crippen LogP contribution is -2.41. The van der Waals surface area contributed by atoms with E-state index in [1.807, 2.05) is 66.4 Å². The molecule has 0 spiro atoms. The van der Waals surface area contributed by atoms with E-state index in [2.05, 4.69) is 4.57 Å². The number of rotatable bonds is 5. The summed E-state index contributed by atoms with van der Waals surface area (Å²) in [6.45, 7) is 3.30. The highest BCUT2D eigenvalue weighted by Crippen LogP contribution is 2.33. The number of hydrogen-bond acceptors (Lipinski definition) is 3. The van der Waals surface area contributed by atoms with Gasteiger partial charge in [0.25, 0.3) is 5.91 Å². The molecule has 1 fully saturated rings. The molecule has 3 aromatic carbocycles. The van der Waals surface area contributed by atoms with Gasteiger partial charge in [-0.3, -0.25) is 4.79 Å². The van der Waals surface area contributed by atoms with Crippen molar-refractivity contribution >= 4 is 16.9 Å². The molecule has 0 aliphatic carbocycles. The Hall–Kier alpha value is -3.67. The average molecular weight is 444 g/mol. The van der Waals surface area contributed by atoms with Gasteiger partial charge in [-0.2, -0.15) is 0 Å². The Balaban J connectivity index is 1.32. The summed E-state index contributed by atoms with van der Waals surface area (Å²) in [4.78, 5) is 19.4. The minimum atomic E-state index is -0.274. The first kappa shape index (κ1) is 21.2. The van der Waals surface area contributed by atoms with Gasteiger partial charge in [-0.1, -0.05) is 48.0 Å². The molecule has 5 nitrogen and oxygen atoms in total. The molecular formula is C27H26FN3O2. The zero-order chi connectivity index (χ0) is 22.8. The highest BCUT2D eigenvalue weighted by atomic mass is 19.1. The molecule has 1 aliphatic rings. The van der Waals surface area contributed by atoms with E-state index in [4.69, 9.17) is 9.72 Å². The number of benzene rings is 3. The van der Waals surface area contributed by atoms with Crippen molar-refractivity contribution in [1.82, 2.24) is 14.5 Å². The number of fused-ring (bicyclic) bond motifs is 1. The van der Waals surface area contributed by atoms with Crippen LogP contribution in [0.1, 0.15) is 24.4 Å². The van der Waals surface area contributed by atoms with Crippen LogP contribution in [-0.4, -0.2) is 40.1 Å². The quantitative estimate of drug-likeness (QED) is 0.415. The molecule has 1 aromatic heterocycles. The van der Waals surface area contributed by atoms with Gasteiger partial charge in [0.05, 0.1) is 11.0 Å². The van der Waals surface area contributed by atoms with Crippen molar-refractivity contribution < 1.29 is 13.9 Å².